The number of hydrogen-bond acceptors (Lipinski definition) is 4. The van der Waals surface area contributed by atoms with Crippen molar-refractivity contribution in [3.63, 3.8) is 0 Å². The summed E-state index contributed by atoms with van der Waals surface area (Å²) in [6.07, 6.45) is -1.01. The zero-order valence-corrected chi connectivity index (χ0v) is 6.91. The molecule has 0 unspecified atom stereocenters. The SMILES string of the molecule is CC(=O)[C@@H](O)COC[C@H](C)N. The number of carbonyl (C=O) groups is 1. The van der Waals surface area contributed by atoms with Crippen molar-refractivity contribution in [2.24, 2.45) is 5.73 Å². The van der Waals surface area contributed by atoms with E-state index in [0.29, 0.717) is 6.61 Å². The van der Waals surface area contributed by atoms with Gasteiger partial charge in [0.2, 0.25) is 0 Å². The Morgan fingerprint density at radius 2 is 2.18 bits per heavy atom. The maximum absolute atomic E-state index is 10.5. The maximum atomic E-state index is 10.5. The van der Waals surface area contributed by atoms with Gasteiger partial charge in [-0.2, -0.15) is 0 Å². The van der Waals surface area contributed by atoms with Gasteiger partial charge in [-0.3, -0.25) is 4.79 Å². The molecule has 0 aliphatic carbocycles. The zero-order chi connectivity index (χ0) is 8.85. The van der Waals surface area contributed by atoms with Crippen molar-refractivity contribution in [1.29, 1.82) is 0 Å². The number of Topliss-reactive ketones (excluding diaryl/α,β-unsaturated/α-hetero) is 1. The molecule has 0 spiro atoms. The molecular weight excluding hydrogens is 146 g/mol. The van der Waals surface area contributed by atoms with Crippen molar-refractivity contribution in [2.45, 2.75) is 26.0 Å². The van der Waals surface area contributed by atoms with Crippen LogP contribution in [0.5, 0.6) is 0 Å². The van der Waals surface area contributed by atoms with E-state index in [1.54, 1.807) is 6.92 Å². The molecule has 3 N–H and O–H groups in total. The molecule has 0 bridgehead atoms. The molecule has 4 heteroatoms. The van der Waals surface area contributed by atoms with E-state index in [0.717, 1.165) is 0 Å². The summed E-state index contributed by atoms with van der Waals surface area (Å²) in [5.41, 5.74) is 5.36. The zero-order valence-electron chi connectivity index (χ0n) is 6.91. The fourth-order valence-corrected chi connectivity index (χ4v) is 0.483. The predicted octanol–water partition coefficient (Wildman–Crippen LogP) is -0.700. The van der Waals surface area contributed by atoms with Gasteiger partial charge < -0.3 is 15.6 Å². The summed E-state index contributed by atoms with van der Waals surface area (Å²) in [6, 6.07) is -0.0610. The third kappa shape index (κ3) is 5.97. The van der Waals surface area contributed by atoms with Crippen molar-refractivity contribution < 1.29 is 14.6 Å². The fraction of sp³-hybridized carbons (Fsp3) is 0.857. The molecule has 11 heavy (non-hydrogen) atoms. The third-order valence-corrected chi connectivity index (χ3v) is 1.13. The number of rotatable bonds is 5. The highest BCUT2D eigenvalue weighted by Gasteiger charge is 2.09. The first-order chi connectivity index (χ1) is 5.04. The molecule has 0 aliphatic rings. The third-order valence-electron chi connectivity index (χ3n) is 1.13. The normalized spacial score (nSPS) is 16.0. The molecule has 0 fully saturated rings. The van der Waals surface area contributed by atoms with Crippen LogP contribution < -0.4 is 5.73 Å². The molecule has 2 atom stereocenters. The fourth-order valence-electron chi connectivity index (χ4n) is 0.483. The minimum atomic E-state index is -1.01. The Balaban J connectivity index is 3.31. The number of ketones is 1. The van der Waals surface area contributed by atoms with Gasteiger partial charge in [-0.1, -0.05) is 0 Å². The molecule has 4 nitrogen and oxygen atoms in total. The summed E-state index contributed by atoms with van der Waals surface area (Å²) in [5, 5.41) is 8.92. The number of nitrogens with two attached hydrogens (primary N) is 1. The topological polar surface area (TPSA) is 72.5 Å². The van der Waals surface area contributed by atoms with Crippen molar-refractivity contribution >= 4 is 5.78 Å². The first-order valence-corrected chi connectivity index (χ1v) is 3.56. The summed E-state index contributed by atoms with van der Waals surface area (Å²) in [6.45, 7) is 3.52. The van der Waals surface area contributed by atoms with Crippen LogP contribution in [-0.4, -0.2) is 36.2 Å². The summed E-state index contributed by atoms with van der Waals surface area (Å²) < 4.78 is 4.92. The van der Waals surface area contributed by atoms with Gasteiger partial charge in [0.1, 0.15) is 6.10 Å². The molecule has 0 heterocycles. The molecule has 0 aliphatic heterocycles. The number of ether oxygens (including phenoxy) is 1. The molecule has 0 saturated carbocycles. The van der Waals surface area contributed by atoms with Crippen molar-refractivity contribution in [3.8, 4) is 0 Å². The highest BCUT2D eigenvalue weighted by molar-refractivity contribution is 5.80. The van der Waals surface area contributed by atoms with Crippen LogP contribution in [0.25, 0.3) is 0 Å². The predicted molar refractivity (Wildman–Crippen MR) is 41.2 cm³/mol. The Morgan fingerprint density at radius 3 is 2.55 bits per heavy atom. The van der Waals surface area contributed by atoms with Gasteiger partial charge in [0, 0.05) is 6.04 Å². The average molecular weight is 161 g/mol. The first-order valence-electron chi connectivity index (χ1n) is 3.56. The Labute approximate surface area is 66.3 Å². The standard InChI is InChI=1S/C7H15NO3/c1-5(8)3-11-4-7(10)6(2)9/h5,7,10H,3-4,8H2,1-2H3/t5-,7-/m0/s1. The van der Waals surface area contributed by atoms with Crippen LogP contribution in [0, 0.1) is 0 Å². The lowest BCUT2D eigenvalue weighted by molar-refractivity contribution is -0.128. The molecule has 0 aromatic carbocycles. The van der Waals surface area contributed by atoms with Crippen molar-refractivity contribution in [1.82, 2.24) is 0 Å². The van der Waals surface area contributed by atoms with E-state index in [2.05, 4.69) is 0 Å². The van der Waals surface area contributed by atoms with Crippen LogP contribution in [0.15, 0.2) is 0 Å². The molecule has 0 amide bonds. The van der Waals surface area contributed by atoms with E-state index in [1.807, 2.05) is 0 Å². The number of hydrogen-bond donors (Lipinski definition) is 2. The van der Waals surface area contributed by atoms with E-state index in [9.17, 15) is 4.79 Å². The van der Waals surface area contributed by atoms with Crippen LogP contribution in [-0.2, 0) is 9.53 Å². The Bertz CT molecular complexity index is 125. The van der Waals surface area contributed by atoms with Crippen molar-refractivity contribution in [3.05, 3.63) is 0 Å². The second-order valence-electron chi connectivity index (χ2n) is 2.64. The van der Waals surface area contributed by atoms with Gasteiger partial charge >= 0.3 is 0 Å². The average Bonchev–Trinajstić information content (AvgIpc) is 1.86. The van der Waals surface area contributed by atoms with Gasteiger partial charge in [-0.25, -0.2) is 0 Å². The van der Waals surface area contributed by atoms with Crippen LogP contribution in [0.1, 0.15) is 13.8 Å². The van der Waals surface area contributed by atoms with E-state index >= 15 is 0 Å². The lowest BCUT2D eigenvalue weighted by atomic mass is 10.3. The summed E-state index contributed by atoms with van der Waals surface area (Å²) in [4.78, 5) is 10.5. The summed E-state index contributed by atoms with van der Waals surface area (Å²) in [5.74, 6) is -0.283. The van der Waals surface area contributed by atoms with Crippen LogP contribution in [0.2, 0.25) is 0 Å². The van der Waals surface area contributed by atoms with Crippen LogP contribution in [0.3, 0.4) is 0 Å². The maximum Gasteiger partial charge on any atom is 0.160 e. The monoisotopic (exact) mass is 161 g/mol. The molecule has 66 valence electrons. The number of aliphatic hydroxyl groups excluding tert-OH is 1. The van der Waals surface area contributed by atoms with E-state index in [4.69, 9.17) is 15.6 Å². The highest BCUT2D eigenvalue weighted by Crippen LogP contribution is 1.88. The minimum absolute atomic E-state index is 0.0386. The molecule has 0 saturated heterocycles. The number of aliphatic hydroxyl groups is 1. The van der Waals surface area contributed by atoms with Gasteiger partial charge in [0.25, 0.3) is 0 Å². The van der Waals surface area contributed by atoms with Crippen molar-refractivity contribution in [2.75, 3.05) is 13.2 Å². The second kappa shape index (κ2) is 5.23. The minimum Gasteiger partial charge on any atom is -0.383 e. The summed E-state index contributed by atoms with van der Waals surface area (Å²) in [7, 11) is 0. The Morgan fingerprint density at radius 1 is 1.64 bits per heavy atom. The lowest BCUT2D eigenvalue weighted by Gasteiger charge is -2.09. The summed E-state index contributed by atoms with van der Waals surface area (Å²) >= 11 is 0. The van der Waals surface area contributed by atoms with Crippen LogP contribution >= 0.6 is 0 Å². The molecule has 0 aromatic heterocycles. The largest absolute Gasteiger partial charge is 0.383 e. The van der Waals surface area contributed by atoms with Gasteiger partial charge in [-0.05, 0) is 13.8 Å². The Kier molecular flexibility index (Phi) is 5.02. The molecule has 0 rings (SSSR count). The van der Waals surface area contributed by atoms with E-state index in [-0.39, 0.29) is 18.4 Å². The Hall–Kier alpha value is -0.450. The molecular formula is C7H15NO3. The second-order valence-corrected chi connectivity index (χ2v) is 2.64. The van der Waals surface area contributed by atoms with E-state index in [1.165, 1.54) is 6.92 Å². The molecule has 0 radical (unpaired) electrons. The smallest absolute Gasteiger partial charge is 0.160 e. The molecule has 0 aromatic rings. The first kappa shape index (κ1) is 10.6. The van der Waals surface area contributed by atoms with Gasteiger partial charge in [0.15, 0.2) is 5.78 Å². The van der Waals surface area contributed by atoms with Gasteiger partial charge in [-0.15, -0.1) is 0 Å². The van der Waals surface area contributed by atoms with Gasteiger partial charge in [0.05, 0.1) is 13.2 Å². The van der Waals surface area contributed by atoms with E-state index < -0.39 is 6.10 Å². The van der Waals surface area contributed by atoms with Crippen LogP contribution in [0.4, 0.5) is 0 Å². The highest BCUT2D eigenvalue weighted by atomic mass is 16.5. The quantitative estimate of drug-likeness (QED) is 0.559. The lowest BCUT2D eigenvalue weighted by Crippen LogP contribution is -2.28. The number of carbonyl (C=O) groups excluding carboxylic acids is 1.